The van der Waals surface area contributed by atoms with Crippen LogP contribution in [0.1, 0.15) is 25.0 Å². The van der Waals surface area contributed by atoms with Crippen LogP contribution in [-0.2, 0) is 5.41 Å². The minimum Gasteiger partial charge on any atom is -0.264 e. The standard InChI is InChI=1S/C44H31N3/c1-44(2)39-17-9-8-15-34(39)38-25-37-30(24-40(38)44)20-18-28-19-21-31(23-36(28)37)42-26-41(29-11-4-3-5-12-29)46-43(47-42)35-16-7-6-14-33(35)32-13-10-22-45-27-32/h3-27H,1-2H3. The maximum absolute atomic E-state index is 5.25. The molecule has 0 fully saturated rings. The largest absolute Gasteiger partial charge is 0.264 e. The summed E-state index contributed by atoms with van der Waals surface area (Å²) in [5, 5.41) is 4.96. The fourth-order valence-corrected chi connectivity index (χ4v) is 7.33. The van der Waals surface area contributed by atoms with E-state index in [0.717, 1.165) is 39.2 Å². The normalized spacial score (nSPS) is 13.1. The average molecular weight is 602 g/mol. The maximum atomic E-state index is 5.25. The van der Waals surface area contributed by atoms with Crippen LogP contribution < -0.4 is 0 Å². The first-order chi connectivity index (χ1) is 23.0. The van der Waals surface area contributed by atoms with E-state index in [1.165, 1.54) is 43.8 Å². The van der Waals surface area contributed by atoms with Crippen LogP contribution in [0.15, 0.2) is 152 Å². The smallest absolute Gasteiger partial charge is 0.161 e. The predicted molar refractivity (Wildman–Crippen MR) is 194 cm³/mol. The van der Waals surface area contributed by atoms with Crippen LogP contribution in [0.3, 0.4) is 0 Å². The molecular weight excluding hydrogens is 571 g/mol. The molecule has 0 unspecified atom stereocenters. The van der Waals surface area contributed by atoms with Crippen molar-refractivity contribution in [3.63, 3.8) is 0 Å². The summed E-state index contributed by atoms with van der Waals surface area (Å²) in [6, 6.07) is 49.8. The molecule has 9 rings (SSSR count). The Morgan fingerprint density at radius 1 is 0.447 bits per heavy atom. The predicted octanol–water partition coefficient (Wildman–Crippen LogP) is 11.2. The molecule has 0 N–H and O–H groups in total. The molecule has 1 aliphatic rings. The third-order valence-electron chi connectivity index (χ3n) is 9.77. The van der Waals surface area contributed by atoms with Crippen molar-refractivity contribution >= 4 is 21.5 Å². The first kappa shape index (κ1) is 27.4. The van der Waals surface area contributed by atoms with Crippen molar-refractivity contribution in [3.8, 4) is 56.2 Å². The Labute approximate surface area is 274 Å². The molecule has 222 valence electrons. The SMILES string of the molecule is CC1(C)c2ccccc2-c2cc3c(ccc4ccc(-c5cc(-c6ccccc6)nc(-c6ccccc6-c6cccnc6)n5)cc43)cc21. The van der Waals surface area contributed by atoms with Crippen molar-refractivity contribution in [2.75, 3.05) is 0 Å². The number of nitrogens with zero attached hydrogens (tertiary/aromatic N) is 3. The van der Waals surface area contributed by atoms with Gasteiger partial charge in [0.2, 0.25) is 0 Å². The van der Waals surface area contributed by atoms with E-state index in [-0.39, 0.29) is 5.41 Å². The van der Waals surface area contributed by atoms with Gasteiger partial charge in [-0.05, 0) is 79.7 Å². The van der Waals surface area contributed by atoms with Gasteiger partial charge in [0, 0.05) is 40.1 Å². The molecule has 1 aliphatic carbocycles. The van der Waals surface area contributed by atoms with Crippen LogP contribution in [0.2, 0.25) is 0 Å². The molecule has 0 spiro atoms. The van der Waals surface area contributed by atoms with Crippen LogP contribution in [0.25, 0.3) is 77.7 Å². The number of pyridine rings is 1. The Balaban J connectivity index is 1.26. The summed E-state index contributed by atoms with van der Waals surface area (Å²) in [6.45, 7) is 4.68. The summed E-state index contributed by atoms with van der Waals surface area (Å²) < 4.78 is 0. The number of fused-ring (bicyclic) bond motifs is 6. The third kappa shape index (κ3) is 4.46. The second-order valence-electron chi connectivity index (χ2n) is 12.9. The summed E-state index contributed by atoms with van der Waals surface area (Å²) in [5.41, 5.74) is 12.4. The van der Waals surface area contributed by atoms with E-state index in [1.54, 1.807) is 6.20 Å². The summed E-state index contributed by atoms with van der Waals surface area (Å²) in [5.74, 6) is 0.690. The van der Waals surface area contributed by atoms with Gasteiger partial charge >= 0.3 is 0 Å². The molecule has 47 heavy (non-hydrogen) atoms. The second-order valence-corrected chi connectivity index (χ2v) is 12.9. The Morgan fingerprint density at radius 3 is 1.91 bits per heavy atom. The molecule has 0 amide bonds. The van der Waals surface area contributed by atoms with E-state index in [2.05, 4.69) is 140 Å². The van der Waals surface area contributed by atoms with Crippen molar-refractivity contribution in [2.24, 2.45) is 0 Å². The molecule has 2 heterocycles. The topological polar surface area (TPSA) is 38.7 Å². The average Bonchev–Trinajstić information content (AvgIpc) is 3.36. The molecule has 2 aromatic heterocycles. The zero-order valence-corrected chi connectivity index (χ0v) is 26.3. The zero-order valence-electron chi connectivity index (χ0n) is 26.3. The number of hydrogen-bond donors (Lipinski definition) is 0. The van der Waals surface area contributed by atoms with Crippen LogP contribution in [0.4, 0.5) is 0 Å². The van der Waals surface area contributed by atoms with Gasteiger partial charge in [0.05, 0.1) is 11.4 Å². The lowest BCUT2D eigenvalue weighted by Crippen LogP contribution is -2.14. The molecule has 0 atom stereocenters. The van der Waals surface area contributed by atoms with Gasteiger partial charge in [-0.2, -0.15) is 0 Å². The van der Waals surface area contributed by atoms with E-state index < -0.39 is 0 Å². The lowest BCUT2D eigenvalue weighted by molar-refractivity contribution is 0.661. The summed E-state index contributed by atoms with van der Waals surface area (Å²) in [4.78, 5) is 14.8. The Hall–Kier alpha value is -5.93. The van der Waals surface area contributed by atoms with E-state index in [4.69, 9.17) is 9.97 Å². The van der Waals surface area contributed by atoms with Crippen LogP contribution >= 0.6 is 0 Å². The highest BCUT2D eigenvalue weighted by Crippen LogP contribution is 2.50. The molecule has 3 nitrogen and oxygen atoms in total. The first-order valence-electron chi connectivity index (χ1n) is 16.1. The molecule has 0 saturated heterocycles. The molecule has 0 radical (unpaired) electrons. The molecule has 8 aromatic rings. The van der Waals surface area contributed by atoms with Crippen LogP contribution in [-0.4, -0.2) is 15.0 Å². The van der Waals surface area contributed by atoms with E-state index in [1.807, 2.05) is 24.4 Å². The lowest BCUT2D eigenvalue weighted by atomic mass is 9.81. The lowest BCUT2D eigenvalue weighted by Gasteiger charge is -2.21. The number of aromatic nitrogens is 3. The van der Waals surface area contributed by atoms with E-state index in [9.17, 15) is 0 Å². The number of hydrogen-bond acceptors (Lipinski definition) is 3. The molecule has 3 heteroatoms. The van der Waals surface area contributed by atoms with Crippen LogP contribution in [0, 0.1) is 0 Å². The summed E-state index contributed by atoms with van der Waals surface area (Å²) in [6.07, 6.45) is 3.69. The van der Waals surface area contributed by atoms with E-state index >= 15 is 0 Å². The van der Waals surface area contributed by atoms with Gasteiger partial charge in [-0.3, -0.25) is 4.98 Å². The maximum Gasteiger partial charge on any atom is 0.161 e. The number of benzene rings is 6. The minimum absolute atomic E-state index is 0.0335. The van der Waals surface area contributed by atoms with Crippen LogP contribution in [0.5, 0.6) is 0 Å². The second kappa shape index (κ2) is 10.6. The van der Waals surface area contributed by atoms with Gasteiger partial charge in [0.15, 0.2) is 5.82 Å². The Bertz CT molecular complexity index is 2480. The highest BCUT2D eigenvalue weighted by Gasteiger charge is 2.35. The fraction of sp³-hybridized carbons (Fsp3) is 0.0682. The van der Waals surface area contributed by atoms with Crippen molar-refractivity contribution < 1.29 is 0 Å². The Kier molecular flexibility index (Phi) is 6.16. The van der Waals surface area contributed by atoms with Crippen molar-refractivity contribution in [1.82, 2.24) is 15.0 Å². The quantitative estimate of drug-likeness (QED) is 0.188. The highest BCUT2D eigenvalue weighted by molar-refractivity contribution is 6.11. The fourth-order valence-electron chi connectivity index (χ4n) is 7.33. The Morgan fingerprint density at radius 2 is 1.11 bits per heavy atom. The molecule has 6 aromatic carbocycles. The monoisotopic (exact) mass is 601 g/mol. The van der Waals surface area contributed by atoms with Gasteiger partial charge in [0.1, 0.15) is 0 Å². The third-order valence-corrected chi connectivity index (χ3v) is 9.77. The summed E-state index contributed by atoms with van der Waals surface area (Å²) >= 11 is 0. The highest BCUT2D eigenvalue weighted by atomic mass is 14.9. The summed E-state index contributed by atoms with van der Waals surface area (Å²) in [7, 11) is 0. The first-order valence-corrected chi connectivity index (χ1v) is 16.1. The van der Waals surface area contributed by atoms with Gasteiger partial charge in [0.25, 0.3) is 0 Å². The minimum atomic E-state index is -0.0335. The van der Waals surface area contributed by atoms with Crippen molar-refractivity contribution in [3.05, 3.63) is 163 Å². The van der Waals surface area contributed by atoms with Gasteiger partial charge in [-0.25, -0.2) is 9.97 Å². The van der Waals surface area contributed by atoms with Gasteiger partial charge in [-0.15, -0.1) is 0 Å². The zero-order chi connectivity index (χ0) is 31.5. The van der Waals surface area contributed by atoms with Crippen molar-refractivity contribution in [1.29, 1.82) is 0 Å². The number of rotatable bonds is 4. The molecule has 0 aliphatic heterocycles. The molecule has 0 saturated carbocycles. The van der Waals surface area contributed by atoms with E-state index in [0.29, 0.717) is 5.82 Å². The van der Waals surface area contributed by atoms with Gasteiger partial charge < -0.3 is 0 Å². The van der Waals surface area contributed by atoms with Crippen molar-refractivity contribution in [2.45, 2.75) is 19.3 Å². The molecular formula is C44H31N3. The van der Waals surface area contributed by atoms with Gasteiger partial charge in [-0.1, -0.05) is 123 Å². The molecule has 0 bridgehead atoms.